The van der Waals surface area contributed by atoms with Gasteiger partial charge in [-0.3, -0.25) is 5.43 Å². The van der Waals surface area contributed by atoms with Crippen molar-refractivity contribution in [2.24, 2.45) is 5.10 Å². The fraction of sp³-hybridized carbons (Fsp3) is 0.0667. The number of hydrogen-bond donors (Lipinski definition) is 3. The summed E-state index contributed by atoms with van der Waals surface area (Å²) in [6, 6.07) is 14.5. The Labute approximate surface area is 128 Å². The normalized spacial score (nSPS) is 10.3. The molecule has 0 heterocycles. The third kappa shape index (κ3) is 4.47. The summed E-state index contributed by atoms with van der Waals surface area (Å²) in [6.45, 7) is 0. The highest BCUT2D eigenvalue weighted by Gasteiger charge is 2.00. The van der Waals surface area contributed by atoms with Gasteiger partial charge in [-0.05, 0) is 36.5 Å². The minimum Gasteiger partial charge on any atom is -0.507 e. The molecule has 0 saturated carbocycles. The van der Waals surface area contributed by atoms with Gasteiger partial charge < -0.3 is 15.2 Å². The molecular formula is C15H15N3O2S. The number of ether oxygens (including phenoxy) is 1. The number of hydrazone groups is 1. The van der Waals surface area contributed by atoms with E-state index in [1.54, 1.807) is 12.1 Å². The first-order valence-electron chi connectivity index (χ1n) is 6.21. The van der Waals surface area contributed by atoms with Crippen molar-refractivity contribution < 1.29 is 9.84 Å². The zero-order valence-corrected chi connectivity index (χ0v) is 12.2. The predicted molar refractivity (Wildman–Crippen MR) is 88.1 cm³/mol. The van der Waals surface area contributed by atoms with Crippen molar-refractivity contribution in [3.05, 3.63) is 54.1 Å². The molecule has 108 valence electrons. The molecule has 6 heteroatoms. The quantitative estimate of drug-likeness (QED) is 0.460. The van der Waals surface area contributed by atoms with Crippen LogP contribution in [-0.4, -0.2) is 23.5 Å². The van der Waals surface area contributed by atoms with E-state index in [1.165, 1.54) is 19.4 Å². The van der Waals surface area contributed by atoms with Gasteiger partial charge in [0.25, 0.3) is 0 Å². The van der Waals surface area contributed by atoms with Crippen molar-refractivity contribution in [2.75, 3.05) is 12.4 Å². The molecule has 0 fully saturated rings. The number of aromatic hydroxyl groups is 1. The summed E-state index contributed by atoms with van der Waals surface area (Å²) < 4.78 is 5.01. The van der Waals surface area contributed by atoms with Crippen LogP contribution in [0.2, 0.25) is 0 Å². The maximum Gasteiger partial charge on any atom is 0.191 e. The Morgan fingerprint density at radius 1 is 1.24 bits per heavy atom. The van der Waals surface area contributed by atoms with Gasteiger partial charge in [-0.15, -0.1) is 0 Å². The Bertz CT molecular complexity index is 645. The van der Waals surface area contributed by atoms with Gasteiger partial charge in [0.2, 0.25) is 0 Å². The van der Waals surface area contributed by atoms with Crippen LogP contribution < -0.4 is 15.5 Å². The van der Waals surface area contributed by atoms with E-state index < -0.39 is 0 Å². The van der Waals surface area contributed by atoms with E-state index in [-0.39, 0.29) is 5.75 Å². The number of phenolic OH excluding ortho intramolecular Hbond substituents is 1. The van der Waals surface area contributed by atoms with Crippen molar-refractivity contribution in [3.8, 4) is 11.5 Å². The van der Waals surface area contributed by atoms with Gasteiger partial charge in [0, 0.05) is 17.3 Å². The van der Waals surface area contributed by atoms with Gasteiger partial charge in [0.1, 0.15) is 11.5 Å². The van der Waals surface area contributed by atoms with Crippen LogP contribution in [-0.2, 0) is 0 Å². The summed E-state index contributed by atoms with van der Waals surface area (Å²) >= 11 is 5.11. The minimum absolute atomic E-state index is 0.0850. The lowest BCUT2D eigenvalue weighted by molar-refractivity contribution is 0.407. The number of phenols is 1. The van der Waals surface area contributed by atoms with Crippen molar-refractivity contribution in [1.29, 1.82) is 0 Å². The molecule has 2 rings (SSSR count). The molecule has 0 unspecified atom stereocenters. The van der Waals surface area contributed by atoms with Crippen molar-refractivity contribution >= 4 is 29.2 Å². The number of hydrogen-bond acceptors (Lipinski definition) is 4. The maximum atomic E-state index is 9.78. The molecule has 0 radical (unpaired) electrons. The van der Waals surface area contributed by atoms with E-state index in [0.29, 0.717) is 16.4 Å². The van der Waals surface area contributed by atoms with Gasteiger partial charge in [-0.2, -0.15) is 5.10 Å². The molecule has 0 atom stereocenters. The SMILES string of the molecule is COc1ccc(/C=N/NC(=S)Nc2ccccc2)c(O)c1. The average molecular weight is 301 g/mol. The lowest BCUT2D eigenvalue weighted by Crippen LogP contribution is -2.23. The van der Waals surface area contributed by atoms with E-state index in [4.69, 9.17) is 17.0 Å². The molecular weight excluding hydrogens is 286 g/mol. The smallest absolute Gasteiger partial charge is 0.191 e. The van der Waals surface area contributed by atoms with Crippen LogP contribution in [0.4, 0.5) is 5.69 Å². The van der Waals surface area contributed by atoms with Crippen LogP contribution in [0.5, 0.6) is 11.5 Å². The number of anilines is 1. The van der Waals surface area contributed by atoms with Crippen molar-refractivity contribution in [3.63, 3.8) is 0 Å². The van der Waals surface area contributed by atoms with Gasteiger partial charge in [0.05, 0.1) is 13.3 Å². The molecule has 5 nitrogen and oxygen atoms in total. The second-order valence-electron chi connectivity index (χ2n) is 4.11. The number of nitrogens with zero attached hydrogens (tertiary/aromatic N) is 1. The predicted octanol–water partition coefficient (Wildman–Crippen LogP) is 2.72. The first kappa shape index (κ1) is 14.8. The molecule has 0 amide bonds. The Kier molecular flexibility index (Phi) is 5.11. The Morgan fingerprint density at radius 3 is 2.67 bits per heavy atom. The standard InChI is InChI=1S/C15H15N3O2S/c1-20-13-8-7-11(14(19)9-13)10-16-18-15(21)17-12-5-3-2-4-6-12/h2-10,19H,1H3,(H2,17,18,21)/b16-10+. The number of benzene rings is 2. The zero-order chi connectivity index (χ0) is 15.1. The molecule has 0 spiro atoms. The number of para-hydroxylation sites is 1. The highest BCUT2D eigenvalue weighted by molar-refractivity contribution is 7.80. The van der Waals surface area contributed by atoms with Crippen molar-refractivity contribution in [2.45, 2.75) is 0 Å². The molecule has 0 aromatic heterocycles. The van der Waals surface area contributed by atoms with E-state index in [2.05, 4.69) is 15.8 Å². The monoisotopic (exact) mass is 301 g/mol. The summed E-state index contributed by atoms with van der Waals surface area (Å²) in [7, 11) is 1.54. The number of rotatable bonds is 4. The molecule has 0 bridgehead atoms. The summed E-state index contributed by atoms with van der Waals surface area (Å²) in [4.78, 5) is 0. The first-order chi connectivity index (χ1) is 10.2. The molecule has 0 aliphatic rings. The van der Waals surface area contributed by atoms with E-state index in [0.717, 1.165) is 5.69 Å². The van der Waals surface area contributed by atoms with E-state index in [9.17, 15) is 5.11 Å². The van der Waals surface area contributed by atoms with Gasteiger partial charge in [-0.1, -0.05) is 18.2 Å². The average Bonchev–Trinajstić information content (AvgIpc) is 2.50. The summed E-state index contributed by atoms with van der Waals surface area (Å²) in [5.74, 6) is 0.667. The topological polar surface area (TPSA) is 65.9 Å². The summed E-state index contributed by atoms with van der Waals surface area (Å²) in [5, 5.41) is 17.1. The largest absolute Gasteiger partial charge is 0.507 e. The highest BCUT2D eigenvalue weighted by Crippen LogP contribution is 2.21. The molecule has 0 aliphatic heterocycles. The molecule has 3 N–H and O–H groups in total. The Morgan fingerprint density at radius 2 is 2.00 bits per heavy atom. The van der Waals surface area contributed by atoms with Crippen LogP contribution in [0.3, 0.4) is 0 Å². The lowest BCUT2D eigenvalue weighted by Gasteiger charge is -2.06. The van der Waals surface area contributed by atoms with Crippen LogP contribution in [0.15, 0.2) is 53.6 Å². The third-order valence-electron chi connectivity index (χ3n) is 2.64. The van der Waals surface area contributed by atoms with Gasteiger partial charge >= 0.3 is 0 Å². The second kappa shape index (κ2) is 7.25. The lowest BCUT2D eigenvalue weighted by atomic mass is 10.2. The molecule has 2 aromatic carbocycles. The number of methoxy groups -OCH3 is 1. The van der Waals surface area contributed by atoms with Crippen LogP contribution in [0.25, 0.3) is 0 Å². The minimum atomic E-state index is 0.0850. The van der Waals surface area contributed by atoms with Gasteiger partial charge in [0.15, 0.2) is 5.11 Å². The fourth-order valence-electron chi connectivity index (χ4n) is 1.60. The Balaban J connectivity index is 1.91. The summed E-state index contributed by atoms with van der Waals surface area (Å²) in [6.07, 6.45) is 1.48. The zero-order valence-electron chi connectivity index (χ0n) is 11.4. The Hall–Kier alpha value is -2.60. The van der Waals surface area contributed by atoms with E-state index in [1.807, 2.05) is 30.3 Å². The first-order valence-corrected chi connectivity index (χ1v) is 6.62. The van der Waals surface area contributed by atoms with Crippen molar-refractivity contribution in [1.82, 2.24) is 5.43 Å². The molecule has 0 aliphatic carbocycles. The third-order valence-corrected chi connectivity index (χ3v) is 2.83. The fourth-order valence-corrected chi connectivity index (χ4v) is 1.77. The molecule has 21 heavy (non-hydrogen) atoms. The van der Waals surface area contributed by atoms with Crippen LogP contribution >= 0.6 is 12.2 Å². The summed E-state index contributed by atoms with van der Waals surface area (Å²) in [5.41, 5.74) is 4.12. The van der Waals surface area contributed by atoms with Crippen LogP contribution in [0.1, 0.15) is 5.56 Å². The highest BCUT2D eigenvalue weighted by atomic mass is 32.1. The molecule has 0 saturated heterocycles. The maximum absolute atomic E-state index is 9.78. The van der Waals surface area contributed by atoms with Gasteiger partial charge in [-0.25, -0.2) is 0 Å². The second-order valence-corrected chi connectivity index (χ2v) is 4.52. The number of nitrogens with one attached hydrogen (secondary N) is 2. The molecule has 2 aromatic rings. The van der Waals surface area contributed by atoms with E-state index >= 15 is 0 Å². The van der Waals surface area contributed by atoms with Crippen LogP contribution in [0, 0.1) is 0 Å². The number of thiocarbonyl (C=S) groups is 1.